The van der Waals surface area contributed by atoms with Crippen molar-refractivity contribution in [2.45, 2.75) is 62.1 Å². The van der Waals surface area contributed by atoms with Gasteiger partial charge in [-0.25, -0.2) is 9.97 Å². The van der Waals surface area contributed by atoms with Crippen LogP contribution in [0.4, 0.5) is 0 Å². The summed E-state index contributed by atoms with van der Waals surface area (Å²) in [5.74, 6) is 0.353. The smallest absolute Gasteiger partial charge is 0.260 e. The number of benzene rings is 1. The number of aromatic nitrogens is 2. The molecule has 0 N–H and O–H groups in total. The zero-order chi connectivity index (χ0) is 22.2. The Kier molecular flexibility index (Phi) is 6.23. The van der Waals surface area contributed by atoms with E-state index in [1.165, 1.54) is 39.9 Å². The molecular weight excluding hydrogens is 462 g/mol. The van der Waals surface area contributed by atoms with Gasteiger partial charge < -0.3 is 0 Å². The molecule has 2 aliphatic rings. The summed E-state index contributed by atoms with van der Waals surface area (Å²) in [6, 6.07) is 6.73. The molecule has 1 unspecified atom stereocenters. The van der Waals surface area contributed by atoms with Crippen LogP contribution < -0.4 is 0 Å². The largest absolute Gasteiger partial charge is 0.278 e. The second-order valence-corrected chi connectivity index (χ2v) is 11.1. The molecule has 0 saturated carbocycles. The predicted molar refractivity (Wildman–Crippen MR) is 130 cm³/mol. The number of fused-ring (bicyclic) bond motifs is 3. The van der Waals surface area contributed by atoms with E-state index in [0.29, 0.717) is 17.1 Å². The lowest BCUT2D eigenvalue weighted by molar-refractivity contribution is -0.127. The number of aryl methyl sites for hydroxylation is 3. The first kappa shape index (κ1) is 21.9. The summed E-state index contributed by atoms with van der Waals surface area (Å²) in [7, 11) is 0. The van der Waals surface area contributed by atoms with Gasteiger partial charge in [0.15, 0.2) is 0 Å². The molecule has 2 aromatic heterocycles. The summed E-state index contributed by atoms with van der Waals surface area (Å²) < 4.78 is 0. The third-order valence-electron chi connectivity index (χ3n) is 6.12. The van der Waals surface area contributed by atoms with Gasteiger partial charge in [-0.15, -0.1) is 11.3 Å². The Morgan fingerprint density at radius 1 is 1.12 bits per heavy atom. The van der Waals surface area contributed by atoms with Crippen LogP contribution in [0.5, 0.6) is 0 Å². The molecule has 0 spiro atoms. The number of carbonyl (C=O) groups is 2. The first-order valence-electron chi connectivity index (χ1n) is 11.1. The molecule has 2 amide bonds. The minimum atomic E-state index is -0.328. The normalized spacial score (nSPS) is 19.1. The van der Waals surface area contributed by atoms with Crippen LogP contribution in [0.3, 0.4) is 0 Å². The van der Waals surface area contributed by atoms with Crippen molar-refractivity contribution in [3.05, 3.63) is 51.1 Å². The summed E-state index contributed by atoms with van der Waals surface area (Å²) in [5.41, 5.74) is 1.86. The molecule has 1 aliphatic heterocycles. The summed E-state index contributed by atoms with van der Waals surface area (Å²) in [4.78, 5) is 39.9. The second-order valence-electron chi connectivity index (χ2n) is 8.37. The molecule has 32 heavy (non-hydrogen) atoms. The lowest BCUT2D eigenvalue weighted by atomic mass is 9.97. The highest BCUT2D eigenvalue weighted by molar-refractivity contribution is 8.00. The number of nitrogens with zero attached hydrogens (tertiary/aromatic N) is 3. The summed E-state index contributed by atoms with van der Waals surface area (Å²) >= 11 is 9.26. The van der Waals surface area contributed by atoms with E-state index < -0.39 is 0 Å². The van der Waals surface area contributed by atoms with E-state index in [2.05, 4.69) is 0 Å². The number of thioether (sulfide) groups is 1. The molecule has 3 heterocycles. The second kappa shape index (κ2) is 9.12. The quantitative estimate of drug-likeness (QED) is 0.344. The Bertz CT molecular complexity index is 1190. The van der Waals surface area contributed by atoms with Crippen LogP contribution in [0, 0.1) is 6.92 Å². The van der Waals surface area contributed by atoms with Gasteiger partial charge in [-0.1, -0.05) is 29.8 Å². The summed E-state index contributed by atoms with van der Waals surface area (Å²) in [6.45, 7) is 2.36. The number of carbonyl (C=O) groups excluding carboxylic acids is 2. The van der Waals surface area contributed by atoms with E-state index in [1.807, 2.05) is 6.92 Å². The average molecular weight is 486 g/mol. The fourth-order valence-corrected chi connectivity index (χ4v) is 7.31. The number of rotatable bonds is 3. The maximum atomic E-state index is 13.5. The Labute approximate surface area is 200 Å². The van der Waals surface area contributed by atoms with E-state index >= 15 is 0 Å². The molecule has 166 valence electrons. The number of hydrogen-bond donors (Lipinski definition) is 0. The van der Waals surface area contributed by atoms with Crippen molar-refractivity contribution >= 4 is 56.7 Å². The number of amides is 2. The van der Waals surface area contributed by atoms with E-state index in [0.717, 1.165) is 53.2 Å². The highest BCUT2D eigenvalue weighted by atomic mass is 35.5. The summed E-state index contributed by atoms with van der Waals surface area (Å²) in [6.07, 6.45) is 7.02. The minimum Gasteiger partial charge on any atom is -0.278 e. The lowest BCUT2D eigenvalue weighted by Crippen LogP contribution is -2.41. The number of thiophene rings is 1. The van der Waals surface area contributed by atoms with Crippen LogP contribution in [0.15, 0.2) is 29.3 Å². The van der Waals surface area contributed by atoms with Crippen molar-refractivity contribution < 1.29 is 9.59 Å². The SMILES string of the molecule is Cc1nc(SC2CCCCN(C(=O)c3ccc(Cl)cc3)C2=O)c2c3c(sc2n1)CCCC3. The van der Waals surface area contributed by atoms with Gasteiger partial charge in [-0.3, -0.25) is 14.5 Å². The molecule has 1 fully saturated rings. The molecule has 8 heteroatoms. The van der Waals surface area contributed by atoms with E-state index in [1.54, 1.807) is 35.6 Å². The van der Waals surface area contributed by atoms with Crippen LogP contribution in [0.1, 0.15) is 58.7 Å². The van der Waals surface area contributed by atoms with Gasteiger partial charge in [0.1, 0.15) is 15.7 Å². The van der Waals surface area contributed by atoms with Gasteiger partial charge in [0, 0.05) is 27.4 Å². The van der Waals surface area contributed by atoms with Crippen LogP contribution in [-0.4, -0.2) is 38.5 Å². The van der Waals surface area contributed by atoms with Crippen molar-refractivity contribution in [3.8, 4) is 0 Å². The van der Waals surface area contributed by atoms with Crippen LogP contribution in [-0.2, 0) is 17.6 Å². The van der Waals surface area contributed by atoms with Crippen LogP contribution in [0.2, 0.25) is 5.02 Å². The molecule has 1 saturated heterocycles. The summed E-state index contributed by atoms with van der Waals surface area (Å²) in [5, 5.41) is 2.27. The van der Waals surface area contributed by atoms with Crippen LogP contribution in [0.25, 0.3) is 10.2 Å². The molecule has 1 aromatic carbocycles. The molecule has 1 atom stereocenters. The Morgan fingerprint density at radius 2 is 1.91 bits per heavy atom. The first-order chi connectivity index (χ1) is 15.5. The number of likely N-dealkylation sites (tertiary alicyclic amines) is 1. The van der Waals surface area contributed by atoms with Gasteiger partial charge in [0.25, 0.3) is 5.91 Å². The fraction of sp³-hybridized carbons (Fsp3) is 0.417. The van der Waals surface area contributed by atoms with Crippen molar-refractivity contribution in [2.75, 3.05) is 6.54 Å². The van der Waals surface area contributed by atoms with E-state index in [9.17, 15) is 9.59 Å². The number of hydrogen-bond acceptors (Lipinski definition) is 6. The predicted octanol–water partition coefficient (Wildman–Crippen LogP) is 5.85. The van der Waals surface area contributed by atoms with Gasteiger partial charge in [-0.2, -0.15) is 0 Å². The topological polar surface area (TPSA) is 63.2 Å². The van der Waals surface area contributed by atoms with Crippen LogP contribution >= 0.6 is 34.7 Å². The van der Waals surface area contributed by atoms with Gasteiger partial charge in [0.05, 0.1) is 5.25 Å². The molecule has 5 rings (SSSR count). The fourth-order valence-electron chi connectivity index (χ4n) is 4.51. The molecule has 0 bridgehead atoms. The van der Waals surface area contributed by atoms with Crippen molar-refractivity contribution in [1.82, 2.24) is 14.9 Å². The van der Waals surface area contributed by atoms with E-state index in [-0.39, 0.29) is 17.1 Å². The zero-order valence-corrected chi connectivity index (χ0v) is 20.3. The Morgan fingerprint density at radius 3 is 2.72 bits per heavy atom. The van der Waals surface area contributed by atoms with Gasteiger partial charge in [0.2, 0.25) is 5.91 Å². The minimum absolute atomic E-state index is 0.124. The van der Waals surface area contributed by atoms with Gasteiger partial charge in [-0.05, 0) is 75.3 Å². The van der Waals surface area contributed by atoms with Crippen molar-refractivity contribution in [3.63, 3.8) is 0 Å². The van der Waals surface area contributed by atoms with E-state index in [4.69, 9.17) is 21.6 Å². The third-order valence-corrected chi connectivity index (χ3v) is 8.80. The number of halogens is 1. The number of imide groups is 1. The Balaban J connectivity index is 1.46. The Hall–Kier alpha value is -1.96. The lowest BCUT2D eigenvalue weighted by Gasteiger charge is -2.22. The maximum absolute atomic E-state index is 13.5. The third kappa shape index (κ3) is 4.18. The molecule has 5 nitrogen and oxygen atoms in total. The first-order valence-corrected chi connectivity index (χ1v) is 13.2. The maximum Gasteiger partial charge on any atom is 0.260 e. The molecule has 1 aliphatic carbocycles. The average Bonchev–Trinajstić information content (AvgIpc) is 3.06. The van der Waals surface area contributed by atoms with Crippen molar-refractivity contribution in [1.29, 1.82) is 0 Å². The molecule has 0 radical (unpaired) electrons. The zero-order valence-electron chi connectivity index (χ0n) is 17.9. The monoisotopic (exact) mass is 485 g/mol. The highest BCUT2D eigenvalue weighted by Gasteiger charge is 2.33. The van der Waals surface area contributed by atoms with Gasteiger partial charge >= 0.3 is 0 Å². The molecular formula is C24H24ClN3O2S2. The highest BCUT2D eigenvalue weighted by Crippen LogP contribution is 2.41. The molecule has 3 aromatic rings. The van der Waals surface area contributed by atoms with Crippen molar-refractivity contribution in [2.24, 2.45) is 0 Å². The standard InChI is InChI=1S/C24H24ClN3O2S2/c1-14-26-21-20(17-6-2-3-7-18(17)31-21)22(27-14)32-19-8-4-5-13-28(24(19)30)23(29)15-9-11-16(25)12-10-15/h9-12,19H,2-8,13H2,1H3.